The second-order valence-electron chi connectivity index (χ2n) is 6.79. The molecule has 1 nitrogen and oxygen atoms in total. The molecule has 0 aromatic rings. The lowest BCUT2D eigenvalue weighted by molar-refractivity contribution is -0.120. The number of Topliss-reactive ketones (excluding diaryl/α,β-unsaturated/α-hetero) is 1. The first-order chi connectivity index (χ1) is 6.73. The minimum atomic E-state index is 0.0637. The van der Waals surface area contributed by atoms with Gasteiger partial charge >= 0.3 is 0 Å². The van der Waals surface area contributed by atoms with Crippen LogP contribution in [0.4, 0.5) is 0 Å². The lowest BCUT2D eigenvalue weighted by Gasteiger charge is -2.26. The number of carbonyl (C=O) groups excluding carboxylic acids is 1. The molecule has 1 heteroatoms. The molecule has 0 aromatic carbocycles. The van der Waals surface area contributed by atoms with Crippen LogP contribution >= 0.6 is 0 Å². The van der Waals surface area contributed by atoms with E-state index in [2.05, 4.69) is 41.5 Å². The summed E-state index contributed by atoms with van der Waals surface area (Å²) in [6.07, 6.45) is 3.38. The van der Waals surface area contributed by atoms with Gasteiger partial charge in [0.25, 0.3) is 0 Å². The standard InChI is InChI=1S/C14H24O/c1-7-11(3,4)13-9-14(13,10(13)15)12(5,6)8-2/h7-9H2,1-6H3. The van der Waals surface area contributed by atoms with Crippen molar-refractivity contribution in [3.8, 4) is 0 Å². The SMILES string of the molecule is CCC(C)(C)C12CC1(C(C)(C)CC)C2=O. The van der Waals surface area contributed by atoms with Crippen molar-refractivity contribution in [2.24, 2.45) is 21.7 Å². The predicted octanol–water partition coefficient (Wildman–Crippen LogP) is 3.82. The average molecular weight is 208 g/mol. The molecule has 86 valence electrons. The monoisotopic (exact) mass is 208 g/mol. The summed E-state index contributed by atoms with van der Waals surface area (Å²) >= 11 is 0. The van der Waals surface area contributed by atoms with Gasteiger partial charge in [0, 0.05) is 10.8 Å². The molecule has 0 heterocycles. The third-order valence-corrected chi connectivity index (χ3v) is 5.93. The Balaban J connectivity index is 2.32. The van der Waals surface area contributed by atoms with Crippen LogP contribution in [-0.2, 0) is 4.79 Å². The van der Waals surface area contributed by atoms with E-state index in [1.54, 1.807) is 0 Å². The number of hydrogen-bond acceptors (Lipinski definition) is 1. The molecule has 0 bridgehead atoms. The largest absolute Gasteiger partial charge is 0.298 e. The van der Waals surface area contributed by atoms with Gasteiger partial charge in [0.2, 0.25) is 0 Å². The predicted molar refractivity (Wildman–Crippen MR) is 62.6 cm³/mol. The fourth-order valence-corrected chi connectivity index (χ4v) is 3.74. The second kappa shape index (κ2) is 2.49. The number of fused-ring (bicyclic) bond motifs is 1. The van der Waals surface area contributed by atoms with E-state index < -0.39 is 0 Å². The van der Waals surface area contributed by atoms with E-state index in [-0.39, 0.29) is 21.7 Å². The Kier molecular flexibility index (Phi) is 1.86. The minimum absolute atomic E-state index is 0.0637. The van der Waals surface area contributed by atoms with E-state index in [9.17, 15) is 4.79 Å². The molecule has 0 aromatic heterocycles. The zero-order valence-corrected chi connectivity index (χ0v) is 11.0. The fraction of sp³-hybridized carbons (Fsp3) is 0.929. The second-order valence-corrected chi connectivity index (χ2v) is 6.79. The molecule has 0 amide bonds. The Morgan fingerprint density at radius 2 is 1.33 bits per heavy atom. The van der Waals surface area contributed by atoms with Gasteiger partial charge in [0.05, 0.1) is 0 Å². The first-order valence-electron chi connectivity index (χ1n) is 6.28. The lowest BCUT2D eigenvalue weighted by atomic mass is 9.77. The highest BCUT2D eigenvalue weighted by Crippen LogP contribution is 2.94. The maximum atomic E-state index is 12.2. The molecule has 2 atom stereocenters. The fourth-order valence-electron chi connectivity index (χ4n) is 3.74. The quantitative estimate of drug-likeness (QED) is 0.686. The molecular formula is C14H24O. The highest BCUT2D eigenvalue weighted by atomic mass is 16.2. The number of rotatable bonds is 4. The topological polar surface area (TPSA) is 17.1 Å². The summed E-state index contributed by atoms with van der Waals surface area (Å²) in [5, 5.41) is 0. The Morgan fingerprint density at radius 1 is 1.00 bits per heavy atom. The smallest absolute Gasteiger partial charge is 0.148 e. The highest BCUT2D eigenvalue weighted by Gasteiger charge is 2.98. The van der Waals surface area contributed by atoms with Gasteiger partial charge in [-0.15, -0.1) is 0 Å². The molecule has 2 aliphatic rings. The van der Waals surface area contributed by atoms with Crippen LogP contribution in [0.5, 0.6) is 0 Å². The van der Waals surface area contributed by atoms with Crippen molar-refractivity contribution < 1.29 is 4.79 Å². The van der Waals surface area contributed by atoms with Gasteiger partial charge in [-0.05, 0) is 30.1 Å². The maximum Gasteiger partial charge on any atom is 0.148 e. The van der Waals surface area contributed by atoms with Crippen molar-refractivity contribution in [3.05, 3.63) is 0 Å². The molecule has 0 N–H and O–H groups in total. The van der Waals surface area contributed by atoms with E-state index in [1.165, 1.54) is 0 Å². The molecule has 0 aliphatic heterocycles. The zero-order valence-electron chi connectivity index (χ0n) is 11.0. The number of hydrogen-bond donors (Lipinski definition) is 0. The van der Waals surface area contributed by atoms with Gasteiger partial charge in [-0.3, -0.25) is 4.79 Å². The van der Waals surface area contributed by atoms with E-state index >= 15 is 0 Å². The third kappa shape index (κ3) is 0.855. The molecule has 2 unspecified atom stereocenters. The average Bonchev–Trinajstić information content (AvgIpc) is 3.02. The summed E-state index contributed by atoms with van der Waals surface area (Å²) in [4.78, 5) is 12.2. The Bertz CT molecular complexity index is 296. The highest BCUT2D eigenvalue weighted by molar-refractivity contribution is 6.17. The Hall–Kier alpha value is -0.330. The Labute approximate surface area is 93.6 Å². The molecule has 2 saturated carbocycles. The van der Waals surface area contributed by atoms with Crippen molar-refractivity contribution in [1.29, 1.82) is 0 Å². The van der Waals surface area contributed by atoms with Crippen molar-refractivity contribution in [1.82, 2.24) is 0 Å². The summed E-state index contributed by atoms with van der Waals surface area (Å²) in [5.41, 5.74) is 0.537. The van der Waals surface area contributed by atoms with Crippen LogP contribution < -0.4 is 0 Å². The van der Waals surface area contributed by atoms with Crippen LogP contribution in [0.25, 0.3) is 0 Å². The van der Waals surface area contributed by atoms with Gasteiger partial charge in [-0.1, -0.05) is 41.5 Å². The normalized spacial score (nSPS) is 38.9. The minimum Gasteiger partial charge on any atom is -0.298 e. The maximum absolute atomic E-state index is 12.2. The van der Waals surface area contributed by atoms with Crippen LogP contribution in [0.3, 0.4) is 0 Å². The summed E-state index contributed by atoms with van der Waals surface area (Å²) in [7, 11) is 0. The molecule has 2 aliphatic carbocycles. The van der Waals surface area contributed by atoms with Gasteiger partial charge in [0.15, 0.2) is 0 Å². The molecule has 0 radical (unpaired) electrons. The summed E-state index contributed by atoms with van der Waals surface area (Å²) < 4.78 is 0. The molecule has 2 fully saturated rings. The van der Waals surface area contributed by atoms with Gasteiger partial charge in [-0.25, -0.2) is 0 Å². The molecular weight excluding hydrogens is 184 g/mol. The Morgan fingerprint density at radius 3 is 1.53 bits per heavy atom. The van der Waals surface area contributed by atoms with Crippen molar-refractivity contribution in [2.75, 3.05) is 0 Å². The molecule has 0 spiro atoms. The van der Waals surface area contributed by atoms with Crippen LogP contribution in [0.1, 0.15) is 60.8 Å². The molecule has 2 rings (SSSR count). The van der Waals surface area contributed by atoms with E-state index in [0.717, 1.165) is 19.3 Å². The number of carbonyl (C=O) groups is 1. The van der Waals surface area contributed by atoms with E-state index in [1.807, 2.05) is 0 Å². The van der Waals surface area contributed by atoms with Crippen LogP contribution in [0.15, 0.2) is 0 Å². The first kappa shape index (κ1) is 11.2. The van der Waals surface area contributed by atoms with Crippen molar-refractivity contribution in [2.45, 2.75) is 60.8 Å². The lowest BCUT2D eigenvalue weighted by Crippen LogP contribution is -2.21. The molecule has 15 heavy (non-hydrogen) atoms. The van der Waals surface area contributed by atoms with Crippen LogP contribution in [-0.4, -0.2) is 5.78 Å². The first-order valence-corrected chi connectivity index (χ1v) is 6.28. The zero-order chi connectivity index (χ0) is 11.7. The van der Waals surface area contributed by atoms with E-state index in [0.29, 0.717) is 5.78 Å². The molecule has 0 saturated heterocycles. The van der Waals surface area contributed by atoms with Crippen molar-refractivity contribution >= 4 is 5.78 Å². The summed E-state index contributed by atoms with van der Waals surface area (Å²) in [5.74, 6) is 0.564. The summed E-state index contributed by atoms with van der Waals surface area (Å²) in [6.45, 7) is 13.5. The van der Waals surface area contributed by atoms with Crippen molar-refractivity contribution in [3.63, 3.8) is 0 Å². The summed E-state index contributed by atoms with van der Waals surface area (Å²) in [6, 6.07) is 0. The van der Waals surface area contributed by atoms with Crippen LogP contribution in [0, 0.1) is 21.7 Å². The van der Waals surface area contributed by atoms with E-state index in [4.69, 9.17) is 0 Å². The van der Waals surface area contributed by atoms with Gasteiger partial charge in [0.1, 0.15) is 5.78 Å². The van der Waals surface area contributed by atoms with Crippen LogP contribution in [0.2, 0.25) is 0 Å². The van der Waals surface area contributed by atoms with Gasteiger partial charge < -0.3 is 0 Å². The third-order valence-electron chi connectivity index (χ3n) is 5.93. The number of ketones is 1. The van der Waals surface area contributed by atoms with Gasteiger partial charge in [-0.2, -0.15) is 0 Å².